The van der Waals surface area contributed by atoms with Gasteiger partial charge in [0.05, 0.1) is 23.2 Å². The van der Waals surface area contributed by atoms with Crippen molar-refractivity contribution in [2.45, 2.75) is 6.61 Å². The third-order valence-corrected chi connectivity index (χ3v) is 4.36. The van der Waals surface area contributed by atoms with Crippen molar-refractivity contribution >= 4 is 23.3 Å². The molecule has 2 aromatic carbocycles. The van der Waals surface area contributed by atoms with Gasteiger partial charge in [-0.05, 0) is 11.6 Å². The highest BCUT2D eigenvalue weighted by Crippen LogP contribution is 2.25. The Morgan fingerprint density at radius 2 is 1.93 bits per heavy atom. The Bertz CT molecular complexity index is 890. The Labute approximate surface area is 160 Å². The van der Waals surface area contributed by atoms with Crippen LogP contribution in [0, 0.1) is 15.9 Å². The van der Waals surface area contributed by atoms with E-state index in [2.05, 4.69) is 0 Å². The van der Waals surface area contributed by atoms with Crippen molar-refractivity contribution in [3.05, 3.63) is 70.0 Å². The van der Waals surface area contributed by atoms with Crippen LogP contribution in [0.2, 0.25) is 0 Å². The zero-order chi connectivity index (χ0) is 20.1. The first-order valence-corrected chi connectivity index (χ1v) is 8.60. The monoisotopic (exact) mass is 387 g/mol. The lowest BCUT2D eigenvalue weighted by atomic mass is 10.2. The normalized spacial score (nSPS) is 14.1. The molecule has 0 aromatic heterocycles. The number of anilines is 1. The fourth-order valence-corrected chi connectivity index (χ4v) is 2.89. The second-order valence-electron chi connectivity index (χ2n) is 6.28. The molecule has 0 saturated carbocycles. The molecular formula is C19H18FN3O5. The van der Waals surface area contributed by atoms with Gasteiger partial charge in [-0.25, -0.2) is 4.39 Å². The molecule has 0 N–H and O–H groups in total. The lowest BCUT2D eigenvalue weighted by Gasteiger charge is -2.35. The molecule has 0 unspecified atom stereocenters. The van der Waals surface area contributed by atoms with E-state index in [1.807, 2.05) is 30.3 Å². The number of nitro groups is 1. The van der Waals surface area contributed by atoms with Crippen LogP contribution in [-0.2, 0) is 20.9 Å². The molecule has 9 heteroatoms. The maximum Gasteiger partial charge on any atom is 0.325 e. The Hall–Kier alpha value is -3.49. The number of rotatable bonds is 6. The topological polar surface area (TPSA) is 93.0 Å². The molecule has 1 saturated heterocycles. The van der Waals surface area contributed by atoms with Crippen molar-refractivity contribution in [1.82, 2.24) is 4.90 Å². The fourth-order valence-electron chi connectivity index (χ4n) is 2.89. The molecule has 0 bridgehead atoms. The van der Waals surface area contributed by atoms with Gasteiger partial charge in [0.15, 0.2) is 5.82 Å². The molecule has 1 aliphatic rings. The van der Waals surface area contributed by atoms with Gasteiger partial charge < -0.3 is 14.5 Å². The minimum atomic E-state index is -0.766. The van der Waals surface area contributed by atoms with E-state index in [1.54, 1.807) is 0 Å². The molecule has 1 fully saturated rings. The SMILES string of the molecule is O=C(CN1CCN(c2ccc([N+](=O)[O-])cc2F)CC1=O)OCc1ccccc1. The number of nitro benzene ring substituents is 1. The number of ether oxygens (including phenoxy) is 1. The van der Waals surface area contributed by atoms with E-state index in [0.717, 1.165) is 11.6 Å². The summed E-state index contributed by atoms with van der Waals surface area (Å²) in [4.78, 5) is 37.2. The molecule has 1 amide bonds. The van der Waals surface area contributed by atoms with E-state index in [1.165, 1.54) is 21.9 Å². The minimum absolute atomic E-state index is 0.116. The quantitative estimate of drug-likeness (QED) is 0.428. The molecule has 8 nitrogen and oxygen atoms in total. The summed E-state index contributed by atoms with van der Waals surface area (Å²) >= 11 is 0. The molecule has 2 aromatic rings. The van der Waals surface area contributed by atoms with E-state index in [9.17, 15) is 24.1 Å². The lowest BCUT2D eigenvalue weighted by Crippen LogP contribution is -2.52. The van der Waals surface area contributed by atoms with Crippen LogP contribution < -0.4 is 4.90 Å². The van der Waals surface area contributed by atoms with Crippen LogP contribution in [-0.4, -0.2) is 47.9 Å². The van der Waals surface area contributed by atoms with E-state index in [4.69, 9.17) is 4.74 Å². The van der Waals surface area contributed by atoms with E-state index in [0.29, 0.717) is 6.54 Å². The van der Waals surface area contributed by atoms with E-state index >= 15 is 0 Å². The maximum atomic E-state index is 14.1. The number of carbonyl (C=O) groups excluding carboxylic acids is 2. The molecule has 0 aliphatic carbocycles. The van der Waals surface area contributed by atoms with Gasteiger partial charge in [-0.3, -0.25) is 19.7 Å². The number of carbonyl (C=O) groups is 2. The van der Waals surface area contributed by atoms with E-state index in [-0.39, 0.29) is 43.5 Å². The van der Waals surface area contributed by atoms with Crippen LogP contribution in [0.4, 0.5) is 15.8 Å². The van der Waals surface area contributed by atoms with Gasteiger partial charge in [-0.1, -0.05) is 30.3 Å². The summed E-state index contributed by atoms with van der Waals surface area (Å²) in [5, 5.41) is 10.7. The molecule has 146 valence electrons. The van der Waals surface area contributed by atoms with Gasteiger partial charge in [0.2, 0.25) is 5.91 Å². The number of amides is 1. The van der Waals surface area contributed by atoms with Gasteiger partial charge >= 0.3 is 5.97 Å². The second kappa shape index (κ2) is 8.47. The molecule has 1 aliphatic heterocycles. The minimum Gasteiger partial charge on any atom is -0.459 e. The van der Waals surface area contributed by atoms with Crippen LogP contribution in [0.1, 0.15) is 5.56 Å². The molecule has 1 heterocycles. The summed E-state index contributed by atoms with van der Waals surface area (Å²) in [6.07, 6.45) is 0. The van der Waals surface area contributed by atoms with Crippen molar-refractivity contribution < 1.29 is 23.6 Å². The second-order valence-corrected chi connectivity index (χ2v) is 6.28. The van der Waals surface area contributed by atoms with Crippen LogP contribution >= 0.6 is 0 Å². The highest BCUT2D eigenvalue weighted by atomic mass is 19.1. The zero-order valence-corrected chi connectivity index (χ0v) is 14.9. The number of nitrogens with zero attached hydrogens (tertiary/aromatic N) is 3. The largest absolute Gasteiger partial charge is 0.459 e. The molecule has 0 atom stereocenters. The van der Waals surface area contributed by atoms with Gasteiger partial charge in [0.25, 0.3) is 5.69 Å². The first kappa shape index (κ1) is 19.3. The fraction of sp³-hybridized carbons (Fsp3) is 0.263. The van der Waals surface area contributed by atoms with Crippen LogP contribution in [0.5, 0.6) is 0 Å². The summed E-state index contributed by atoms with van der Waals surface area (Å²) in [6.45, 7) is 0.340. The van der Waals surface area contributed by atoms with Crippen molar-refractivity contribution in [2.24, 2.45) is 0 Å². The Morgan fingerprint density at radius 1 is 1.18 bits per heavy atom. The van der Waals surface area contributed by atoms with Crippen LogP contribution in [0.3, 0.4) is 0 Å². The first-order chi connectivity index (χ1) is 13.4. The van der Waals surface area contributed by atoms with Gasteiger partial charge in [-0.2, -0.15) is 0 Å². The molecule has 0 radical (unpaired) electrons. The Kier molecular flexibility index (Phi) is 5.83. The summed E-state index contributed by atoms with van der Waals surface area (Å²) in [5.74, 6) is -1.63. The zero-order valence-electron chi connectivity index (χ0n) is 14.9. The Morgan fingerprint density at radius 3 is 2.57 bits per heavy atom. The Balaban J connectivity index is 1.54. The standard InChI is InChI=1S/C19H18FN3O5/c20-16-10-15(23(26)27)6-7-17(16)21-8-9-22(18(24)11-21)12-19(25)28-13-14-4-2-1-3-5-14/h1-7,10H,8-9,11-13H2. The maximum absolute atomic E-state index is 14.1. The van der Waals surface area contributed by atoms with Crippen molar-refractivity contribution in [2.75, 3.05) is 31.1 Å². The number of benzene rings is 2. The molecular weight excluding hydrogens is 369 g/mol. The molecule has 3 rings (SSSR count). The number of non-ortho nitro benzene ring substituents is 1. The highest BCUT2D eigenvalue weighted by molar-refractivity contribution is 5.86. The van der Waals surface area contributed by atoms with Crippen molar-refractivity contribution in [1.29, 1.82) is 0 Å². The van der Waals surface area contributed by atoms with E-state index < -0.39 is 16.7 Å². The van der Waals surface area contributed by atoms with Crippen LogP contribution in [0.15, 0.2) is 48.5 Å². The predicted molar refractivity (Wildman–Crippen MR) is 98.1 cm³/mol. The number of hydrogen-bond acceptors (Lipinski definition) is 6. The van der Waals surface area contributed by atoms with Gasteiger partial charge in [0.1, 0.15) is 13.2 Å². The highest BCUT2D eigenvalue weighted by Gasteiger charge is 2.28. The van der Waals surface area contributed by atoms with Crippen molar-refractivity contribution in [3.8, 4) is 0 Å². The smallest absolute Gasteiger partial charge is 0.325 e. The summed E-state index contributed by atoms with van der Waals surface area (Å²) in [6, 6.07) is 12.5. The molecule has 28 heavy (non-hydrogen) atoms. The summed E-state index contributed by atoms with van der Waals surface area (Å²) in [7, 11) is 0. The average molecular weight is 387 g/mol. The third kappa shape index (κ3) is 4.61. The molecule has 0 spiro atoms. The summed E-state index contributed by atoms with van der Waals surface area (Å²) < 4.78 is 19.3. The number of hydrogen-bond donors (Lipinski definition) is 0. The lowest BCUT2D eigenvalue weighted by molar-refractivity contribution is -0.385. The van der Waals surface area contributed by atoms with Gasteiger partial charge in [-0.15, -0.1) is 0 Å². The number of esters is 1. The first-order valence-electron chi connectivity index (χ1n) is 8.60. The summed E-state index contributed by atoms with van der Waals surface area (Å²) in [5.41, 5.74) is 0.610. The van der Waals surface area contributed by atoms with Gasteiger partial charge in [0, 0.05) is 19.2 Å². The number of halogens is 1. The average Bonchev–Trinajstić information content (AvgIpc) is 2.68. The predicted octanol–water partition coefficient (Wildman–Crippen LogP) is 2.13. The van der Waals surface area contributed by atoms with Crippen LogP contribution in [0.25, 0.3) is 0 Å². The van der Waals surface area contributed by atoms with Crippen molar-refractivity contribution in [3.63, 3.8) is 0 Å². The number of piperazine rings is 1. The third-order valence-electron chi connectivity index (χ3n) is 4.36.